The van der Waals surface area contributed by atoms with Gasteiger partial charge in [-0.1, -0.05) is 26.7 Å². The summed E-state index contributed by atoms with van der Waals surface area (Å²) in [5, 5.41) is 0. The zero-order valence-corrected chi connectivity index (χ0v) is 3.41. The van der Waals surface area contributed by atoms with E-state index in [9.17, 15) is 0 Å². The van der Waals surface area contributed by atoms with Crippen molar-refractivity contribution in [3.63, 3.8) is 0 Å². The van der Waals surface area contributed by atoms with E-state index in [0.29, 0.717) is 0 Å². The van der Waals surface area contributed by atoms with Crippen LogP contribution in [0.3, 0.4) is 0 Å². The van der Waals surface area contributed by atoms with Crippen LogP contribution in [0.1, 0.15) is 12.8 Å². The summed E-state index contributed by atoms with van der Waals surface area (Å²) >= 11 is 0. The molecule has 0 aliphatic carbocycles. The fourth-order valence-electron chi connectivity index (χ4n) is 0.144. The number of unbranched alkanes of at least 4 members (excludes halogenated alkanes) is 2. The van der Waals surface area contributed by atoms with Gasteiger partial charge >= 0.3 is 0 Å². The monoisotopic (exact) mass is 69.1 g/mol. The summed E-state index contributed by atoms with van der Waals surface area (Å²) in [7, 11) is 0. The lowest BCUT2D eigenvalue weighted by Gasteiger charge is -1.78. The summed E-state index contributed by atoms with van der Waals surface area (Å²) in [6, 6.07) is 0. The van der Waals surface area contributed by atoms with E-state index in [-0.39, 0.29) is 0 Å². The molecule has 0 aliphatic rings. The highest BCUT2D eigenvalue weighted by atomic mass is 13.7. The average Bonchev–Trinajstić information content (AvgIpc) is 1.41. The Bertz CT molecular complexity index is 7.51. The quantitative estimate of drug-likeness (QED) is 0.462. The highest BCUT2D eigenvalue weighted by Crippen LogP contribution is 1.85. The molecule has 0 saturated heterocycles. The van der Waals surface area contributed by atoms with Gasteiger partial charge in [-0.25, -0.2) is 0 Å². The standard InChI is InChI=1S/C5H9/c1-3-5-4-2/h5H,1-4H2. The van der Waals surface area contributed by atoms with E-state index in [1.54, 1.807) is 0 Å². The van der Waals surface area contributed by atoms with Crippen LogP contribution in [0, 0.1) is 20.3 Å². The van der Waals surface area contributed by atoms with Gasteiger partial charge in [0.05, 0.1) is 0 Å². The molecule has 0 rings (SSSR count). The second-order valence-electron chi connectivity index (χ2n) is 0.866. The molecule has 0 heterocycles. The molecule has 0 N–H and O–H groups in total. The van der Waals surface area contributed by atoms with Gasteiger partial charge in [0, 0.05) is 0 Å². The van der Waals surface area contributed by atoms with Crippen molar-refractivity contribution in [2.75, 3.05) is 0 Å². The molecule has 0 aliphatic heterocycles. The second-order valence-corrected chi connectivity index (χ2v) is 0.866. The van der Waals surface area contributed by atoms with Crippen LogP contribution in [-0.4, -0.2) is 0 Å². The molecule has 0 aromatic rings. The molecular weight excluding hydrogens is 60.1 g/mol. The lowest BCUT2D eigenvalue weighted by atomic mass is 10.3. The molecule has 0 bridgehead atoms. The van der Waals surface area contributed by atoms with Crippen molar-refractivity contribution in [1.29, 1.82) is 0 Å². The molecule has 0 nitrogen and oxygen atoms in total. The first kappa shape index (κ1) is 5.00. The SMILES string of the molecule is [CH2]C[CH]C[CH2]. The lowest BCUT2D eigenvalue weighted by molar-refractivity contribution is 1.10. The normalized spacial score (nSPS) is 8.40. The Hall–Kier alpha value is 0. The van der Waals surface area contributed by atoms with Crippen molar-refractivity contribution in [3.05, 3.63) is 20.3 Å². The van der Waals surface area contributed by atoms with Crippen molar-refractivity contribution >= 4 is 0 Å². The summed E-state index contributed by atoms with van der Waals surface area (Å²) in [6.45, 7) is 7.16. The van der Waals surface area contributed by atoms with Crippen LogP contribution in [0.5, 0.6) is 0 Å². The minimum atomic E-state index is 0.906. The fourth-order valence-corrected chi connectivity index (χ4v) is 0.144. The van der Waals surface area contributed by atoms with E-state index >= 15 is 0 Å². The van der Waals surface area contributed by atoms with Gasteiger partial charge in [-0.2, -0.15) is 0 Å². The van der Waals surface area contributed by atoms with Crippen LogP contribution in [0.25, 0.3) is 0 Å². The van der Waals surface area contributed by atoms with Gasteiger partial charge in [0.25, 0.3) is 0 Å². The van der Waals surface area contributed by atoms with E-state index in [1.807, 2.05) is 6.42 Å². The lowest BCUT2D eigenvalue weighted by Crippen LogP contribution is -1.62. The molecule has 3 radical (unpaired) electrons. The summed E-state index contributed by atoms with van der Waals surface area (Å²) in [6.07, 6.45) is 3.84. The van der Waals surface area contributed by atoms with E-state index in [2.05, 4.69) is 13.8 Å². The van der Waals surface area contributed by atoms with Crippen molar-refractivity contribution < 1.29 is 0 Å². The number of hydrogen-bond acceptors (Lipinski definition) is 0. The van der Waals surface area contributed by atoms with Gasteiger partial charge in [0.2, 0.25) is 0 Å². The number of hydrogen-bond donors (Lipinski definition) is 0. The molecule has 0 spiro atoms. The van der Waals surface area contributed by atoms with Gasteiger partial charge in [-0.3, -0.25) is 0 Å². The second kappa shape index (κ2) is 4.00. The molecule has 29 valence electrons. The van der Waals surface area contributed by atoms with Crippen LogP contribution in [0.15, 0.2) is 0 Å². The van der Waals surface area contributed by atoms with Crippen LogP contribution in [-0.2, 0) is 0 Å². The van der Waals surface area contributed by atoms with Crippen molar-refractivity contribution in [2.24, 2.45) is 0 Å². The maximum Gasteiger partial charge on any atom is -0.0386 e. The Morgan fingerprint density at radius 3 is 1.60 bits per heavy atom. The first-order chi connectivity index (χ1) is 2.41. The Balaban J connectivity index is 2.19. The predicted octanol–water partition coefficient (Wildman–Crippen LogP) is 1.64. The van der Waals surface area contributed by atoms with Gasteiger partial charge in [-0.15, -0.1) is 0 Å². The van der Waals surface area contributed by atoms with E-state index in [4.69, 9.17) is 0 Å². The minimum absolute atomic E-state index is 0.906. The molecule has 0 aromatic carbocycles. The maximum absolute atomic E-state index is 3.58. The van der Waals surface area contributed by atoms with Gasteiger partial charge in [0.15, 0.2) is 0 Å². The van der Waals surface area contributed by atoms with Crippen molar-refractivity contribution in [3.8, 4) is 0 Å². The Labute approximate surface area is 34.2 Å². The van der Waals surface area contributed by atoms with Crippen molar-refractivity contribution in [1.82, 2.24) is 0 Å². The molecule has 5 heavy (non-hydrogen) atoms. The largest absolute Gasteiger partial charge is 0.0530 e. The highest BCUT2D eigenvalue weighted by Gasteiger charge is 1.69. The summed E-state index contributed by atoms with van der Waals surface area (Å²) in [4.78, 5) is 0. The predicted molar refractivity (Wildman–Crippen MR) is 24.2 cm³/mol. The zero-order valence-electron chi connectivity index (χ0n) is 3.41. The summed E-state index contributed by atoms with van der Waals surface area (Å²) < 4.78 is 0. The van der Waals surface area contributed by atoms with Gasteiger partial charge in [0.1, 0.15) is 0 Å². The molecule has 0 heteroatoms. The Morgan fingerprint density at radius 2 is 1.60 bits per heavy atom. The fraction of sp³-hybridized carbons (Fsp3) is 0.400. The van der Waals surface area contributed by atoms with Gasteiger partial charge in [-0.05, 0) is 6.42 Å². The van der Waals surface area contributed by atoms with E-state index in [1.165, 1.54) is 0 Å². The third kappa shape index (κ3) is 4.00. The molecule has 0 amide bonds. The minimum Gasteiger partial charge on any atom is -0.0530 e. The smallest absolute Gasteiger partial charge is 0.0386 e. The Kier molecular flexibility index (Phi) is 4.00. The molecule has 0 saturated carbocycles. The van der Waals surface area contributed by atoms with Crippen molar-refractivity contribution in [2.45, 2.75) is 12.8 Å². The van der Waals surface area contributed by atoms with Crippen LogP contribution in [0.2, 0.25) is 0 Å². The first-order valence-electron chi connectivity index (χ1n) is 1.82. The molecule has 0 atom stereocenters. The maximum atomic E-state index is 3.58. The Morgan fingerprint density at radius 1 is 1.20 bits per heavy atom. The van der Waals surface area contributed by atoms with Crippen LogP contribution < -0.4 is 0 Å². The molecule has 0 unspecified atom stereocenters. The number of rotatable bonds is 2. The summed E-state index contributed by atoms with van der Waals surface area (Å²) in [5.41, 5.74) is 0. The molecular formula is C5H9. The molecule has 0 aromatic heterocycles. The van der Waals surface area contributed by atoms with E-state index < -0.39 is 0 Å². The third-order valence-corrected chi connectivity index (χ3v) is 0.408. The van der Waals surface area contributed by atoms with Gasteiger partial charge < -0.3 is 0 Å². The topological polar surface area (TPSA) is 0 Å². The third-order valence-electron chi connectivity index (χ3n) is 0.408. The summed E-state index contributed by atoms with van der Waals surface area (Å²) in [5.74, 6) is 0. The van der Waals surface area contributed by atoms with Crippen LogP contribution >= 0.6 is 0 Å². The van der Waals surface area contributed by atoms with Crippen LogP contribution in [0.4, 0.5) is 0 Å². The zero-order chi connectivity index (χ0) is 4.12. The molecule has 0 fully saturated rings. The average molecular weight is 69.1 g/mol. The highest BCUT2D eigenvalue weighted by molar-refractivity contribution is 4.65. The first-order valence-corrected chi connectivity index (χ1v) is 1.82. The van der Waals surface area contributed by atoms with E-state index in [0.717, 1.165) is 12.8 Å².